The van der Waals surface area contributed by atoms with Gasteiger partial charge in [-0.25, -0.2) is 4.39 Å². The number of rotatable bonds is 7. The molecule has 1 unspecified atom stereocenters. The molecule has 1 atom stereocenters. The topological polar surface area (TPSA) is 76.1 Å². The third-order valence-electron chi connectivity index (χ3n) is 6.73. The van der Waals surface area contributed by atoms with E-state index in [0.717, 1.165) is 11.1 Å². The van der Waals surface area contributed by atoms with Gasteiger partial charge in [0.05, 0.1) is 23.7 Å². The standard InChI is InChI=1S/C32H25ClFNO5/c1-19-16-22(10-14-26(19)40-18-20-6-4-3-5-7-20)30(36)28-29(21-8-11-23(34)12-9-21)35(32(38)31(28)37)24-13-15-27(39-2)25(33)17-24/h3-17,29,36H,18H2,1-2H3/b30-28+. The molecule has 1 N–H and O–H groups in total. The Morgan fingerprint density at radius 1 is 0.950 bits per heavy atom. The highest BCUT2D eigenvalue weighted by atomic mass is 35.5. The molecule has 1 aliphatic heterocycles. The summed E-state index contributed by atoms with van der Waals surface area (Å²) in [4.78, 5) is 28.0. The number of halogens is 2. The van der Waals surface area contributed by atoms with Crippen LogP contribution in [-0.4, -0.2) is 23.9 Å². The first-order chi connectivity index (χ1) is 19.3. The molecule has 40 heavy (non-hydrogen) atoms. The fraction of sp³-hybridized carbons (Fsp3) is 0.125. The van der Waals surface area contributed by atoms with E-state index in [9.17, 15) is 19.1 Å². The number of nitrogens with zero attached hydrogens (tertiary/aromatic N) is 1. The Hall–Kier alpha value is -4.62. The molecule has 1 amide bonds. The Labute approximate surface area is 235 Å². The van der Waals surface area contributed by atoms with Gasteiger partial charge in [-0.1, -0.05) is 54.1 Å². The van der Waals surface area contributed by atoms with Gasteiger partial charge in [0.2, 0.25) is 0 Å². The number of hydrogen-bond donors (Lipinski definition) is 1. The van der Waals surface area contributed by atoms with Crippen LogP contribution in [0.3, 0.4) is 0 Å². The molecule has 202 valence electrons. The number of aliphatic hydroxyl groups excluding tert-OH is 1. The minimum Gasteiger partial charge on any atom is -0.507 e. The molecule has 0 radical (unpaired) electrons. The third-order valence-corrected chi connectivity index (χ3v) is 7.02. The Balaban J connectivity index is 1.56. The molecule has 4 aromatic carbocycles. The van der Waals surface area contributed by atoms with Crippen LogP contribution in [0.5, 0.6) is 11.5 Å². The van der Waals surface area contributed by atoms with E-state index in [1.54, 1.807) is 30.3 Å². The largest absolute Gasteiger partial charge is 0.507 e. The lowest BCUT2D eigenvalue weighted by molar-refractivity contribution is -0.132. The van der Waals surface area contributed by atoms with Crippen molar-refractivity contribution in [3.8, 4) is 11.5 Å². The lowest BCUT2D eigenvalue weighted by atomic mass is 9.94. The van der Waals surface area contributed by atoms with Gasteiger partial charge in [0.15, 0.2) is 0 Å². The van der Waals surface area contributed by atoms with Gasteiger partial charge in [0.25, 0.3) is 11.7 Å². The number of aryl methyl sites for hydroxylation is 1. The number of hydrogen-bond acceptors (Lipinski definition) is 5. The number of amides is 1. The van der Waals surface area contributed by atoms with Gasteiger partial charge < -0.3 is 14.6 Å². The Kier molecular flexibility index (Phi) is 7.58. The van der Waals surface area contributed by atoms with Crippen molar-refractivity contribution in [2.45, 2.75) is 19.6 Å². The van der Waals surface area contributed by atoms with Crippen molar-refractivity contribution in [2.75, 3.05) is 12.0 Å². The summed E-state index contributed by atoms with van der Waals surface area (Å²) in [7, 11) is 1.46. The fourth-order valence-corrected chi connectivity index (χ4v) is 4.97. The Morgan fingerprint density at radius 2 is 1.65 bits per heavy atom. The number of ketones is 1. The number of anilines is 1. The first-order valence-corrected chi connectivity index (χ1v) is 12.8. The van der Waals surface area contributed by atoms with E-state index in [0.29, 0.717) is 34.9 Å². The monoisotopic (exact) mass is 557 g/mol. The molecule has 1 aliphatic rings. The summed E-state index contributed by atoms with van der Waals surface area (Å²) in [5, 5.41) is 11.7. The van der Waals surface area contributed by atoms with Crippen molar-refractivity contribution in [3.05, 3.63) is 130 Å². The molecular formula is C32H25ClFNO5. The van der Waals surface area contributed by atoms with Crippen LogP contribution in [0.4, 0.5) is 10.1 Å². The molecule has 1 heterocycles. The van der Waals surface area contributed by atoms with Crippen LogP contribution in [-0.2, 0) is 16.2 Å². The van der Waals surface area contributed by atoms with Gasteiger partial charge in [-0.2, -0.15) is 0 Å². The molecule has 0 aromatic heterocycles. The minimum atomic E-state index is -1.03. The van der Waals surface area contributed by atoms with E-state index in [1.165, 1.54) is 42.3 Å². The van der Waals surface area contributed by atoms with Crippen LogP contribution >= 0.6 is 11.6 Å². The number of ether oxygens (including phenoxy) is 2. The highest BCUT2D eigenvalue weighted by Gasteiger charge is 2.47. The second-order valence-electron chi connectivity index (χ2n) is 9.29. The first-order valence-electron chi connectivity index (χ1n) is 12.5. The highest BCUT2D eigenvalue weighted by molar-refractivity contribution is 6.51. The van der Waals surface area contributed by atoms with E-state index in [-0.39, 0.29) is 16.4 Å². The summed E-state index contributed by atoms with van der Waals surface area (Å²) in [5.74, 6) is -1.55. The zero-order valence-electron chi connectivity index (χ0n) is 21.7. The van der Waals surface area contributed by atoms with Gasteiger partial charge in [-0.3, -0.25) is 14.5 Å². The van der Waals surface area contributed by atoms with E-state index >= 15 is 0 Å². The third kappa shape index (κ3) is 5.16. The number of methoxy groups -OCH3 is 1. The number of Topliss-reactive ketones (excluding diaryl/α,β-unsaturated/α-hetero) is 1. The predicted octanol–water partition coefficient (Wildman–Crippen LogP) is 7.00. The normalized spacial score (nSPS) is 16.3. The fourth-order valence-electron chi connectivity index (χ4n) is 4.71. The van der Waals surface area contributed by atoms with Gasteiger partial charge in [0, 0.05) is 11.3 Å². The maximum absolute atomic E-state index is 13.8. The van der Waals surface area contributed by atoms with Crippen LogP contribution in [0.25, 0.3) is 5.76 Å². The molecule has 0 aliphatic carbocycles. The van der Waals surface area contributed by atoms with Gasteiger partial charge in [-0.15, -0.1) is 0 Å². The highest BCUT2D eigenvalue weighted by Crippen LogP contribution is 2.44. The predicted molar refractivity (Wildman–Crippen MR) is 151 cm³/mol. The summed E-state index contributed by atoms with van der Waals surface area (Å²) in [6, 6.07) is 23.8. The molecule has 0 bridgehead atoms. The van der Waals surface area contributed by atoms with Gasteiger partial charge >= 0.3 is 0 Å². The average molecular weight is 558 g/mol. The maximum Gasteiger partial charge on any atom is 0.300 e. The van der Waals surface area contributed by atoms with Crippen molar-refractivity contribution in [1.82, 2.24) is 0 Å². The van der Waals surface area contributed by atoms with Crippen molar-refractivity contribution < 1.29 is 28.6 Å². The van der Waals surface area contributed by atoms with Gasteiger partial charge in [-0.05, 0) is 72.1 Å². The second kappa shape index (κ2) is 11.2. The number of aliphatic hydroxyl groups is 1. The lowest BCUT2D eigenvalue weighted by Crippen LogP contribution is -2.29. The minimum absolute atomic E-state index is 0.124. The molecule has 0 saturated carbocycles. The maximum atomic E-state index is 13.8. The lowest BCUT2D eigenvalue weighted by Gasteiger charge is -2.26. The molecule has 1 saturated heterocycles. The second-order valence-corrected chi connectivity index (χ2v) is 9.70. The van der Waals surface area contributed by atoms with Crippen molar-refractivity contribution in [2.24, 2.45) is 0 Å². The number of carbonyl (C=O) groups is 2. The first kappa shape index (κ1) is 27.0. The summed E-state index contributed by atoms with van der Waals surface area (Å²) < 4.78 is 25.0. The number of benzene rings is 4. The zero-order chi connectivity index (χ0) is 28.4. The van der Waals surface area contributed by atoms with E-state index in [4.69, 9.17) is 21.1 Å². The SMILES string of the molecule is COc1ccc(N2C(=O)C(=O)/C(=C(/O)c3ccc(OCc4ccccc4)c(C)c3)C2c2ccc(F)cc2)cc1Cl. The van der Waals surface area contributed by atoms with E-state index < -0.39 is 23.5 Å². The molecule has 4 aromatic rings. The Morgan fingerprint density at radius 3 is 2.30 bits per heavy atom. The molecule has 6 nitrogen and oxygen atoms in total. The van der Waals surface area contributed by atoms with Crippen molar-refractivity contribution >= 4 is 34.7 Å². The van der Waals surface area contributed by atoms with E-state index in [2.05, 4.69) is 0 Å². The average Bonchev–Trinajstić information content (AvgIpc) is 3.22. The van der Waals surface area contributed by atoms with E-state index in [1.807, 2.05) is 37.3 Å². The Bertz CT molecular complexity index is 1620. The van der Waals surface area contributed by atoms with Crippen molar-refractivity contribution in [1.29, 1.82) is 0 Å². The smallest absolute Gasteiger partial charge is 0.300 e. The summed E-state index contributed by atoms with van der Waals surface area (Å²) in [5.41, 5.74) is 2.71. The molecule has 5 rings (SSSR count). The van der Waals surface area contributed by atoms with Crippen LogP contribution in [0.2, 0.25) is 5.02 Å². The van der Waals surface area contributed by atoms with Crippen LogP contribution in [0.15, 0.2) is 96.6 Å². The summed E-state index contributed by atoms with van der Waals surface area (Å²) >= 11 is 6.33. The quantitative estimate of drug-likeness (QED) is 0.150. The molecular weight excluding hydrogens is 533 g/mol. The molecule has 8 heteroatoms. The summed E-state index contributed by atoms with van der Waals surface area (Å²) in [6.45, 7) is 2.19. The zero-order valence-corrected chi connectivity index (χ0v) is 22.5. The van der Waals surface area contributed by atoms with Crippen molar-refractivity contribution in [3.63, 3.8) is 0 Å². The van der Waals surface area contributed by atoms with Gasteiger partial charge in [0.1, 0.15) is 29.7 Å². The van der Waals surface area contributed by atoms with Crippen LogP contribution < -0.4 is 14.4 Å². The van der Waals surface area contributed by atoms with Crippen LogP contribution in [0.1, 0.15) is 28.3 Å². The van der Waals surface area contributed by atoms with Crippen LogP contribution in [0, 0.1) is 12.7 Å². The molecule has 1 fully saturated rings. The number of carbonyl (C=O) groups excluding carboxylic acids is 2. The molecule has 0 spiro atoms. The summed E-state index contributed by atoms with van der Waals surface area (Å²) in [6.07, 6.45) is 0.